The number of rotatable bonds is 9. The van der Waals surface area contributed by atoms with Crippen molar-refractivity contribution in [1.82, 2.24) is 9.61 Å². The number of methoxy groups -OCH3 is 2. The third-order valence-corrected chi connectivity index (χ3v) is 6.41. The number of aryl methyl sites for hydroxylation is 2. The molecule has 0 bridgehead atoms. The highest BCUT2D eigenvalue weighted by molar-refractivity contribution is 5.81. The molecule has 8 heteroatoms. The average Bonchev–Trinajstić information content (AvgIpc) is 3.26. The van der Waals surface area contributed by atoms with Crippen LogP contribution in [0.15, 0.2) is 16.5 Å². The molecule has 1 N–H and O–H groups in total. The minimum Gasteiger partial charge on any atom is -0.507 e. The second kappa shape index (κ2) is 10.3. The standard InChI is InChI=1S/C26H37N3O5/c1-16(2)13-28(14-19-7-9-33-10-8-19)24-17(3)27-29-25(18(4)34-26(24)29)23-21(30)11-20(15-31-5)12-22(23)32-6/h11-12,16,19,30H,7-10,13-15H2,1-6H3. The molecular formula is C26H37N3O5. The molecule has 0 atom stereocenters. The maximum atomic E-state index is 11.0. The highest BCUT2D eigenvalue weighted by Gasteiger charge is 2.29. The Balaban J connectivity index is 1.82. The molecule has 0 spiro atoms. The average molecular weight is 472 g/mol. The predicted octanol–water partition coefficient (Wildman–Crippen LogP) is 4.96. The molecule has 1 aliphatic heterocycles. The summed E-state index contributed by atoms with van der Waals surface area (Å²) in [5.74, 6) is 2.39. The van der Waals surface area contributed by atoms with Crippen molar-refractivity contribution in [3.8, 4) is 22.8 Å². The van der Waals surface area contributed by atoms with E-state index in [0.29, 0.717) is 46.9 Å². The summed E-state index contributed by atoms with van der Waals surface area (Å²) in [6.45, 7) is 12.3. The van der Waals surface area contributed by atoms with Crippen LogP contribution in [0.3, 0.4) is 0 Å². The summed E-state index contributed by atoms with van der Waals surface area (Å²) in [6, 6.07) is 3.58. The third-order valence-electron chi connectivity index (χ3n) is 6.41. The lowest BCUT2D eigenvalue weighted by Gasteiger charge is -2.31. The van der Waals surface area contributed by atoms with Crippen LogP contribution in [0.5, 0.6) is 11.5 Å². The number of ether oxygens (including phenoxy) is 3. The summed E-state index contributed by atoms with van der Waals surface area (Å²) in [4.78, 5) is 2.42. The number of oxazole rings is 1. The Hall–Kier alpha value is -2.71. The van der Waals surface area contributed by atoms with Crippen LogP contribution in [-0.4, -0.2) is 55.2 Å². The number of hydrogen-bond donors (Lipinski definition) is 1. The van der Waals surface area contributed by atoms with E-state index in [1.165, 1.54) is 0 Å². The lowest BCUT2D eigenvalue weighted by Crippen LogP contribution is -2.35. The fourth-order valence-electron chi connectivity index (χ4n) is 4.97. The van der Waals surface area contributed by atoms with Crippen molar-refractivity contribution in [1.29, 1.82) is 0 Å². The Morgan fingerprint density at radius 2 is 1.94 bits per heavy atom. The molecule has 3 aromatic rings. The molecular weight excluding hydrogens is 434 g/mol. The van der Waals surface area contributed by atoms with E-state index in [1.54, 1.807) is 20.3 Å². The van der Waals surface area contributed by atoms with Crippen molar-refractivity contribution in [2.75, 3.05) is 45.4 Å². The largest absolute Gasteiger partial charge is 0.507 e. The van der Waals surface area contributed by atoms with Crippen molar-refractivity contribution in [3.05, 3.63) is 29.2 Å². The van der Waals surface area contributed by atoms with E-state index < -0.39 is 0 Å². The van der Waals surface area contributed by atoms with Crippen molar-refractivity contribution in [2.24, 2.45) is 11.8 Å². The lowest BCUT2D eigenvalue weighted by molar-refractivity contribution is 0.0681. The van der Waals surface area contributed by atoms with Crippen LogP contribution in [0.1, 0.15) is 43.7 Å². The van der Waals surface area contributed by atoms with Gasteiger partial charge in [0.15, 0.2) is 0 Å². The Morgan fingerprint density at radius 3 is 2.59 bits per heavy atom. The zero-order chi connectivity index (χ0) is 24.4. The number of benzene rings is 1. The summed E-state index contributed by atoms with van der Waals surface area (Å²) in [6.07, 6.45) is 2.14. The van der Waals surface area contributed by atoms with Gasteiger partial charge in [0, 0.05) is 33.4 Å². The van der Waals surface area contributed by atoms with Gasteiger partial charge in [-0.2, -0.15) is 9.61 Å². The summed E-state index contributed by atoms with van der Waals surface area (Å²) < 4.78 is 24.6. The van der Waals surface area contributed by atoms with Gasteiger partial charge in [0.1, 0.15) is 28.6 Å². The number of fused-ring (bicyclic) bond motifs is 1. The van der Waals surface area contributed by atoms with Gasteiger partial charge >= 0.3 is 0 Å². The van der Waals surface area contributed by atoms with E-state index >= 15 is 0 Å². The zero-order valence-corrected chi connectivity index (χ0v) is 21.2. The number of nitrogens with zero attached hydrogens (tertiary/aromatic N) is 3. The van der Waals surface area contributed by atoms with Crippen LogP contribution < -0.4 is 9.64 Å². The Bertz CT molecular complexity index is 1130. The zero-order valence-electron chi connectivity index (χ0n) is 21.2. The van der Waals surface area contributed by atoms with Crippen molar-refractivity contribution >= 4 is 11.4 Å². The van der Waals surface area contributed by atoms with Crippen LogP contribution in [0.4, 0.5) is 5.69 Å². The van der Waals surface area contributed by atoms with Gasteiger partial charge in [-0.1, -0.05) is 13.8 Å². The van der Waals surface area contributed by atoms with Crippen LogP contribution >= 0.6 is 0 Å². The molecule has 4 rings (SSSR count). The van der Waals surface area contributed by atoms with Crippen molar-refractivity contribution < 1.29 is 23.7 Å². The predicted molar refractivity (Wildman–Crippen MR) is 132 cm³/mol. The number of phenols is 1. The van der Waals surface area contributed by atoms with Crippen LogP contribution in [0.2, 0.25) is 0 Å². The van der Waals surface area contributed by atoms with E-state index in [2.05, 4.69) is 18.7 Å². The topological polar surface area (TPSA) is 81.6 Å². The molecule has 3 heterocycles. The molecule has 2 aromatic heterocycles. The molecule has 8 nitrogen and oxygen atoms in total. The van der Waals surface area contributed by atoms with Crippen LogP contribution in [0, 0.1) is 25.7 Å². The first-order valence-corrected chi connectivity index (χ1v) is 12.0. The first-order chi connectivity index (χ1) is 16.3. The highest BCUT2D eigenvalue weighted by Crippen LogP contribution is 2.43. The van der Waals surface area contributed by atoms with Gasteiger partial charge in [0.05, 0.1) is 25.0 Å². The monoisotopic (exact) mass is 471 g/mol. The molecule has 1 aliphatic rings. The summed E-state index contributed by atoms with van der Waals surface area (Å²) in [7, 11) is 3.22. The summed E-state index contributed by atoms with van der Waals surface area (Å²) in [5, 5.41) is 15.8. The molecule has 0 amide bonds. The highest BCUT2D eigenvalue weighted by atomic mass is 16.5. The fraction of sp³-hybridized carbons (Fsp3) is 0.577. The SMILES string of the molecule is COCc1cc(O)c(-c2c(C)oc3c(N(CC(C)C)CC4CCOCC4)c(C)nn23)c(OC)c1. The summed E-state index contributed by atoms with van der Waals surface area (Å²) in [5.41, 5.74) is 4.70. The third kappa shape index (κ3) is 4.74. The van der Waals surface area contributed by atoms with Gasteiger partial charge in [-0.3, -0.25) is 0 Å². The fourth-order valence-corrected chi connectivity index (χ4v) is 4.97. The normalized spacial score (nSPS) is 14.9. The molecule has 0 saturated carbocycles. The van der Waals surface area contributed by atoms with Gasteiger partial charge in [-0.25, -0.2) is 0 Å². The number of aromatic nitrogens is 2. The first-order valence-electron chi connectivity index (χ1n) is 12.0. The van der Waals surface area contributed by atoms with E-state index in [1.807, 2.05) is 24.4 Å². The molecule has 1 fully saturated rings. The number of aromatic hydroxyl groups is 1. The maximum absolute atomic E-state index is 11.0. The smallest absolute Gasteiger partial charge is 0.246 e. The summed E-state index contributed by atoms with van der Waals surface area (Å²) >= 11 is 0. The quantitative estimate of drug-likeness (QED) is 0.472. The number of phenolic OH excluding ortho intramolecular Hbond substituents is 1. The Kier molecular flexibility index (Phi) is 7.38. The second-order valence-corrected chi connectivity index (χ2v) is 9.64. The van der Waals surface area contributed by atoms with E-state index in [9.17, 15) is 5.11 Å². The van der Waals surface area contributed by atoms with Crippen molar-refractivity contribution in [2.45, 2.75) is 47.1 Å². The lowest BCUT2D eigenvalue weighted by atomic mass is 9.99. The second-order valence-electron chi connectivity index (χ2n) is 9.64. The first kappa shape index (κ1) is 24.4. The Labute approximate surface area is 201 Å². The van der Waals surface area contributed by atoms with E-state index in [-0.39, 0.29) is 5.75 Å². The molecule has 0 radical (unpaired) electrons. The van der Waals surface area contributed by atoms with Gasteiger partial charge < -0.3 is 28.6 Å². The van der Waals surface area contributed by atoms with E-state index in [0.717, 1.165) is 56.1 Å². The van der Waals surface area contributed by atoms with E-state index in [4.69, 9.17) is 23.7 Å². The van der Waals surface area contributed by atoms with Crippen LogP contribution in [-0.2, 0) is 16.1 Å². The molecule has 1 aromatic carbocycles. The van der Waals surface area contributed by atoms with Gasteiger partial charge in [-0.15, -0.1) is 0 Å². The maximum Gasteiger partial charge on any atom is 0.246 e. The number of anilines is 1. The Morgan fingerprint density at radius 1 is 1.21 bits per heavy atom. The van der Waals surface area contributed by atoms with Crippen LogP contribution in [0.25, 0.3) is 17.0 Å². The van der Waals surface area contributed by atoms with Crippen molar-refractivity contribution in [3.63, 3.8) is 0 Å². The molecule has 1 saturated heterocycles. The molecule has 34 heavy (non-hydrogen) atoms. The minimum atomic E-state index is 0.105. The van der Waals surface area contributed by atoms with Gasteiger partial charge in [0.2, 0.25) is 5.71 Å². The van der Waals surface area contributed by atoms with Gasteiger partial charge in [-0.05, 0) is 56.2 Å². The molecule has 0 aliphatic carbocycles. The number of hydrogen-bond acceptors (Lipinski definition) is 7. The minimum absolute atomic E-state index is 0.105. The van der Waals surface area contributed by atoms with Gasteiger partial charge in [0.25, 0.3) is 0 Å². The molecule has 186 valence electrons. The molecule has 0 unspecified atom stereocenters.